The predicted octanol–water partition coefficient (Wildman–Crippen LogP) is 2.24. The maximum absolute atomic E-state index is 11.5. The normalized spacial score (nSPS) is 11.4. The fraction of sp³-hybridized carbons (Fsp3) is 0.308. The number of carbonyl (C=O) groups excluding carboxylic acids is 1. The van der Waals surface area contributed by atoms with Crippen LogP contribution in [0.25, 0.3) is 5.57 Å². The summed E-state index contributed by atoms with van der Waals surface area (Å²) in [5.74, 6) is -0.157. The second-order valence-corrected chi connectivity index (χ2v) is 4.14. The minimum Gasteiger partial charge on any atom is -0.396 e. The molecule has 0 radical (unpaired) electrons. The third kappa shape index (κ3) is 5.02. The first kappa shape index (κ1) is 13.7. The van der Waals surface area contributed by atoms with Crippen LogP contribution in [-0.2, 0) is 4.79 Å². The lowest BCUT2D eigenvalue weighted by molar-refractivity contribution is -0.116. The van der Waals surface area contributed by atoms with Gasteiger partial charge in [-0.05, 0) is 36.6 Å². The highest BCUT2D eigenvalue weighted by atomic mass is 35.5. The van der Waals surface area contributed by atoms with Gasteiger partial charge in [-0.15, -0.1) is 0 Å². The Bertz CT molecular complexity index is 416. The van der Waals surface area contributed by atoms with E-state index >= 15 is 0 Å². The molecule has 0 aliphatic heterocycles. The van der Waals surface area contributed by atoms with E-state index < -0.39 is 0 Å². The van der Waals surface area contributed by atoms with Gasteiger partial charge in [0, 0.05) is 24.3 Å². The van der Waals surface area contributed by atoms with Crippen LogP contribution in [-0.4, -0.2) is 24.2 Å². The van der Waals surface area contributed by atoms with Crippen LogP contribution in [0.4, 0.5) is 0 Å². The topological polar surface area (TPSA) is 49.3 Å². The number of amides is 1. The fourth-order valence-corrected chi connectivity index (χ4v) is 1.55. The van der Waals surface area contributed by atoms with Crippen molar-refractivity contribution in [1.29, 1.82) is 0 Å². The molecule has 0 aromatic heterocycles. The zero-order valence-electron chi connectivity index (χ0n) is 9.74. The second kappa shape index (κ2) is 7.09. The Labute approximate surface area is 106 Å². The molecule has 2 N–H and O–H groups in total. The molecule has 1 aromatic rings. The maximum atomic E-state index is 11.5. The molecular weight excluding hydrogens is 238 g/mol. The number of benzene rings is 1. The Morgan fingerprint density at radius 1 is 1.53 bits per heavy atom. The van der Waals surface area contributed by atoms with Gasteiger partial charge in [0.1, 0.15) is 0 Å². The third-order valence-corrected chi connectivity index (χ3v) is 2.50. The molecule has 0 aliphatic carbocycles. The number of aliphatic hydroxyl groups is 1. The van der Waals surface area contributed by atoms with Crippen LogP contribution in [0.1, 0.15) is 18.9 Å². The average molecular weight is 254 g/mol. The number of carbonyl (C=O) groups is 1. The zero-order chi connectivity index (χ0) is 12.7. The van der Waals surface area contributed by atoms with E-state index in [0.717, 1.165) is 11.1 Å². The predicted molar refractivity (Wildman–Crippen MR) is 69.8 cm³/mol. The molecule has 0 saturated heterocycles. The lowest BCUT2D eigenvalue weighted by Crippen LogP contribution is -2.23. The van der Waals surface area contributed by atoms with Gasteiger partial charge in [0.2, 0.25) is 5.91 Å². The zero-order valence-corrected chi connectivity index (χ0v) is 10.5. The van der Waals surface area contributed by atoms with Crippen molar-refractivity contribution in [3.8, 4) is 0 Å². The van der Waals surface area contributed by atoms with Crippen molar-refractivity contribution < 1.29 is 9.90 Å². The highest BCUT2D eigenvalue weighted by Crippen LogP contribution is 2.17. The van der Waals surface area contributed by atoms with Crippen molar-refractivity contribution in [2.75, 3.05) is 13.2 Å². The fourth-order valence-electron chi connectivity index (χ4n) is 1.36. The van der Waals surface area contributed by atoms with E-state index in [-0.39, 0.29) is 12.5 Å². The van der Waals surface area contributed by atoms with E-state index in [1.807, 2.05) is 25.1 Å². The van der Waals surface area contributed by atoms with Crippen molar-refractivity contribution in [3.05, 3.63) is 40.9 Å². The molecule has 0 atom stereocenters. The van der Waals surface area contributed by atoms with Crippen molar-refractivity contribution >= 4 is 23.1 Å². The standard InChI is InChI=1S/C13H16ClNO2/c1-10(8-13(17)15-6-3-7-16)11-4-2-5-12(14)9-11/h2,4-5,8-9,16H,3,6-7H2,1H3,(H,15,17)/b10-8-. The van der Waals surface area contributed by atoms with Crippen LogP contribution >= 0.6 is 11.6 Å². The van der Waals surface area contributed by atoms with Gasteiger partial charge in [-0.2, -0.15) is 0 Å². The number of hydrogen-bond donors (Lipinski definition) is 2. The van der Waals surface area contributed by atoms with Gasteiger partial charge in [0.25, 0.3) is 0 Å². The Kier molecular flexibility index (Phi) is 5.73. The van der Waals surface area contributed by atoms with Gasteiger partial charge in [0.15, 0.2) is 0 Å². The molecule has 17 heavy (non-hydrogen) atoms. The molecule has 1 amide bonds. The van der Waals surface area contributed by atoms with Crippen LogP contribution < -0.4 is 5.32 Å². The molecule has 3 nitrogen and oxygen atoms in total. The van der Waals surface area contributed by atoms with Crippen LogP contribution in [0.15, 0.2) is 30.3 Å². The van der Waals surface area contributed by atoms with Crippen molar-refractivity contribution in [2.24, 2.45) is 0 Å². The highest BCUT2D eigenvalue weighted by molar-refractivity contribution is 6.30. The third-order valence-electron chi connectivity index (χ3n) is 2.26. The van der Waals surface area contributed by atoms with Gasteiger partial charge in [-0.1, -0.05) is 23.7 Å². The Hall–Kier alpha value is -1.32. The number of aliphatic hydroxyl groups excluding tert-OH is 1. The number of rotatable bonds is 5. The van der Waals surface area contributed by atoms with Crippen LogP contribution in [0.3, 0.4) is 0 Å². The maximum Gasteiger partial charge on any atom is 0.244 e. The average Bonchev–Trinajstić information content (AvgIpc) is 2.29. The summed E-state index contributed by atoms with van der Waals surface area (Å²) in [5, 5.41) is 11.9. The number of nitrogens with one attached hydrogen (secondary N) is 1. The van der Waals surface area contributed by atoms with Crippen molar-refractivity contribution in [2.45, 2.75) is 13.3 Å². The van der Waals surface area contributed by atoms with Crippen molar-refractivity contribution in [3.63, 3.8) is 0 Å². The summed E-state index contributed by atoms with van der Waals surface area (Å²) in [7, 11) is 0. The van der Waals surface area contributed by atoms with Gasteiger partial charge in [-0.25, -0.2) is 0 Å². The molecule has 0 saturated carbocycles. The molecule has 92 valence electrons. The van der Waals surface area contributed by atoms with E-state index in [1.54, 1.807) is 6.07 Å². The van der Waals surface area contributed by atoms with E-state index in [4.69, 9.17) is 16.7 Å². The highest BCUT2D eigenvalue weighted by Gasteiger charge is 2.00. The molecule has 0 spiro atoms. The van der Waals surface area contributed by atoms with E-state index in [1.165, 1.54) is 6.08 Å². The largest absolute Gasteiger partial charge is 0.396 e. The molecule has 1 rings (SSSR count). The smallest absolute Gasteiger partial charge is 0.244 e. The first-order chi connectivity index (χ1) is 8.13. The quantitative estimate of drug-likeness (QED) is 0.625. The summed E-state index contributed by atoms with van der Waals surface area (Å²) in [6, 6.07) is 7.35. The first-order valence-corrected chi connectivity index (χ1v) is 5.84. The van der Waals surface area contributed by atoms with E-state index in [0.29, 0.717) is 18.0 Å². The second-order valence-electron chi connectivity index (χ2n) is 3.71. The van der Waals surface area contributed by atoms with Gasteiger partial charge in [0.05, 0.1) is 0 Å². The number of halogens is 1. The summed E-state index contributed by atoms with van der Waals surface area (Å²) in [6.07, 6.45) is 2.10. The summed E-state index contributed by atoms with van der Waals surface area (Å²) < 4.78 is 0. The molecule has 0 fully saturated rings. The van der Waals surface area contributed by atoms with Gasteiger partial charge >= 0.3 is 0 Å². The summed E-state index contributed by atoms with van der Waals surface area (Å²) in [4.78, 5) is 11.5. The molecule has 1 aromatic carbocycles. The first-order valence-electron chi connectivity index (χ1n) is 5.46. The van der Waals surface area contributed by atoms with Crippen LogP contribution in [0.2, 0.25) is 5.02 Å². The van der Waals surface area contributed by atoms with Gasteiger partial charge < -0.3 is 10.4 Å². The lowest BCUT2D eigenvalue weighted by atomic mass is 10.1. The summed E-state index contributed by atoms with van der Waals surface area (Å²) in [5.41, 5.74) is 1.78. The Balaban J connectivity index is 2.62. The molecule has 0 aliphatic rings. The monoisotopic (exact) mass is 253 g/mol. The number of hydrogen-bond acceptors (Lipinski definition) is 2. The molecular formula is C13H16ClNO2. The minimum absolute atomic E-state index is 0.0806. The van der Waals surface area contributed by atoms with E-state index in [2.05, 4.69) is 5.32 Å². The summed E-state index contributed by atoms with van der Waals surface area (Å²) >= 11 is 5.87. The van der Waals surface area contributed by atoms with Crippen LogP contribution in [0.5, 0.6) is 0 Å². The summed E-state index contributed by atoms with van der Waals surface area (Å²) in [6.45, 7) is 2.42. The minimum atomic E-state index is -0.157. The Morgan fingerprint density at radius 3 is 2.94 bits per heavy atom. The van der Waals surface area contributed by atoms with Crippen LogP contribution in [0, 0.1) is 0 Å². The lowest BCUT2D eigenvalue weighted by Gasteiger charge is -2.03. The number of allylic oxidation sites excluding steroid dienone is 1. The van der Waals surface area contributed by atoms with Crippen molar-refractivity contribution in [1.82, 2.24) is 5.32 Å². The van der Waals surface area contributed by atoms with E-state index in [9.17, 15) is 4.79 Å². The molecule has 0 unspecified atom stereocenters. The molecule has 0 bridgehead atoms. The van der Waals surface area contributed by atoms with Gasteiger partial charge in [-0.3, -0.25) is 4.79 Å². The Morgan fingerprint density at radius 2 is 2.29 bits per heavy atom. The SMILES string of the molecule is C/C(=C/C(=O)NCCCO)c1cccc(Cl)c1. The molecule has 4 heteroatoms. The molecule has 0 heterocycles.